The molecule has 3 aliphatic rings. The van der Waals surface area contributed by atoms with Crippen molar-refractivity contribution in [2.24, 2.45) is 11.8 Å². The summed E-state index contributed by atoms with van der Waals surface area (Å²) in [5.41, 5.74) is 1.61. The van der Waals surface area contributed by atoms with Crippen molar-refractivity contribution in [2.45, 2.75) is 50.7 Å². The van der Waals surface area contributed by atoms with E-state index in [1.54, 1.807) is 0 Å². The van der Waals surface area contributed by atoms with Crippen LogP contribution in [0.25, 0.3) is 0 Å². The monoisotopic (exact) mass is 346 g/mol. The number of carboxylic acid groups (broad SMARTS) is 1. The van der Waals surface area contributed by atoms with Gasteiger partial charge in [-0.05, 0) is 44.1 Å². The van der Waals surface area contributed by atoms with Crippen molar-refractivity contribution in [1.82, 2.24) is 0 Å². The number of hydrogen-bond donors (Lipinski definition) is 2. The Hall–Kier alpha value is -1.91. The maximum absolute atomic E-state index is 12.7. The first kappa shape index (κ1) is 15.6. The average Bonchev–Trinajstić information content (AvgIpc) is 3.26. The number of ether oxygens (including phenoxy) is 1. The number of fused-ring (bicyclic) bond motifs is 3. The van der Waals surface area contributed by atoms with E-state index in [0.717, 1.165) is 37.7 Å². The molecule has 0 spiro atoms. The molecule has 1 aromatic heterocycles. The second-order valence-corrected chi connectivity index (χ2v) is 7.80. The molecule has 4 atom stereocenters. The minimum Gasteiger partial charge on any atom is -0.481 e. The number of carboxylic acids is 1. The molecule has 2 saturated heterocycles. The third-order valence-electron chi connectivity index (χ3n) is 5.38. The van der Waals surface area contributed by atoms with Gasteiger partial charge in [-0.3, -0.25) is 9.59 Å². The summed E-state index contributed by atoms with van der Waals surface area (Å²) in [5, 5.41) is 22.3. The molecule has 24 heavy (non-hydrogen) atoms. The number of aliphatic carboxylic acids is 1. The van der Waals surface area contributed by atoms with Crippen molar-refractivity contribution < 1.29 is 19.4 Å². The Labute approximate surface area is 143 Å². The lowest BCUT2D eigenvalue weighted by Gasteiger charge is -2.23. The molecule has 1 aliphatic carbocycles. The third kappa shape index (κ3) is 2.33. The summed E-state index contributed by atoms with van der Waals surface area (Å²) in [6.45, 7) is 0. The number of carbonyl (C=O) groups is 2. The Kier molecular flexibility index (Phi) is 3.82. The SMILES string of the molecule is N#Cc1c(NC(=O)[C@@H]2[C@@H](C(=O)O)[C@H]3CC[C@H]2O3)sc2c1CCCC2. The van der Waals surface area contributed by atoms with Crippen LogP contribution in [0.15, 0.2) is 0 Å². The molecule has 2 bridgehead atoms. The summed E-state index contributed by atoms with van der Waals surface area (Å²) in [7, 11) is 0. The number of nitriles is 1. The van der Waals surface area contributed by atoms with Crippen LogP contribution in [0.4, 0.5) is 5.00 Å². The van der Waals surface area contributed by atoms with Gasteiger partial charge in [-0.25, -0.2) is 0 Å². The number of hydrogen-bond acceptors (Lipinski definition) is 5. The Morgan fingerprint density at radius 3 is 2.62 bits per heavy atom. The minimum absolute atomic E-state index is 0.323. The first-order valence-corrected chi connectivity index (χ1v) is 9.15. The van der Waals surface area contributed by atoms with Crippen LogP contribution >= 0.6 is 11.3 Å². The second-order valence-electron chi connectivity index (χ2n) is 6.70. The van der Waals surface area contributed by atoms with E-state index in [1.165, 1.54) is 16.2 Å². The summed E-state index contributed by atoms with van der Waals surface area (Å²) in [5.74, 6) is -2.77. The zero-order valence-electron chi connectivity index (χ0n) is 13.1. The van der Waals surface area contributed by atoms with E-state index in [0.29, 0.717) is 17.0 Å². The van der Waals surface area contributed by atoms with Gasteiger partial charge in [0.25, 0.3) is 0 Å². The lowest BCUT2D eigenvalue weighted by molar-refractivity contribution is -0.147. The van der Waals surface area contributed by atoms with Crippen molar-refractivity contribution in [3.63, 3.8) is 0 Å². The van der Waals surface area contributed by atoms with Gasteiger partial charge < -0.3 is 15.2 Å². The third-order valence-corrected chi connectivity index (χ3v) is 6.59. The van der Waals surface area contributed by atoms with Crippen LogP contribution in [0.3, 0.4) is 0 Å². The first-order valence-electron chi connectivity index (χ1n) is 8.34. The number of amides is 1. The van der Waals surface area contributed by atoms with E-state index in [-0.39, 0.29) is 18.1 Å². The molecule has 2 aliphatic heterocycles. The van der Waals surface area contributed by atoms with Crippen LogP contribution in [-0.4, -0.2) is 29.2 Å². The summed E-state index contributed by atoms with van der Waals surface area (Å²) in [6.07, 6.45) is 4.71. The highest BCUT2D eigenvalue weighted by molar-refractivity contribution is 7.16. The number of nitrogens with one attached hydrogen (secondary N) is 1. The summed E-state index contributed by atoms with van der Waals surface area (Å²) in [4.78, 5) is 25.4. The number of thiophene rings is 1. The van der Waals surface area contributed by atoms with Crippen molar-refractivity contribution >= 4 is 28.2 Å². The fourth-order valence-corrected chi connectivity index (χ4v) is 5.53. The summed E-state index contributed by atoms with van der Waals surface area (Å²) in [6, 6.07) is 2.22. The average molecular weight is 346 g/mol. The molecule has 0 saturated carbocycles. The second kappa shape index (κ2) is 5.87. The molecule has 0 unspecified atom stereocenters. The zero-order chi connectivity index (χ0) is 16.8. The maximum Gasteiger partial charge on any atom is 0.310 e. The number of carbonyl (C=O) groups excluding carboxylic acids is 1. The van der Waals surface area contributed by atoms with Crippen molar-refractivity contribution in [2.75, 3.05) is 5.32 Å². The van der Waals surface area contributed by atoms with Crippen molar-refractivity contribution in [3.05, 3.63) is 16.0 Å². The molecular weight excluding hydrogens is 328 g/mol. The molecule has 2 fully saturated rings. The molecule has 7 heteroatoms. The van der Waals surface area contributed by atoms with Crippen LogP contribution in [0.2, 0.25) is 0 Å². The Morgan fingerprint density at radius 1 is 1.21 bits per heavy atom. The number of rotatable bonds is 3. The highest BCUT2D eigenvalue weighted by Gasteiger charge is 2.55. The van der Waals surface area contributed by atoms with E-state index in [2.05, 4.69) is 11.4 Å². The van der Waals surface area contributed by atoms with Gasteiger partial charge in [-0.1, -0.05) is 0 Å². The van der Waals surface area contributed by atoms with Crippen molar-refractivity contribution in [3.8, 4) is 6.07 Å². The smallest absolute Gasteiger partial charge is 0.310 e. The minimum atomic E-state index is -0.978. The van der Waals surface area contributed by atoms with Gasteiger partial charge in [-0.15, -0.1) is 11.3 Å². The summed E-state index contributed by atoms with van der Waals surface area (Å²) >= 11 is 1.46. The van der Waals surface area contributed by atoms with Crippen LogP contribution in [0.5, 0.6) is 0 Å². The molecule has 0 radical (unpaired) electrons. The van der Waals surface area contributed by atoms with Crippen LogP contribution < -0.4 is 5.32 Å². The molecule has 4 rings (SSSR count). The van der Waals surface area contributed by atoms with Gasteiger partial charge in [-0.2, -0.15) is 5.26 Å². The standard InChI is InChI=1S/C17H18N2O4S/c18-7-9-8-3-1-2-4-12(8)24-16(9)19-15(20)13-10-5-6-11(23-10)14(13)17(21)22/h10-11,13-14H,1-6H2,(H,19,20)(H,21,22)/t10-,11-,13+,14+/m1/s1. The Morgan fingerprint density at radius 2 is 1.92 bits per heavy atom. The highest BCUT2D eigenvalue weighted by atomic mass is 32.1. The number of aryl methyl sites for hydroxylation is 1. The lowest BCUT2D eigenvalue weighted by Crippen LogP contribution is -2.40. The predicted octanol–water partition coefficient (Wildman–Crippen LogP) is 2.32. The number of anilines is 1. The van der Waals surface area contributed by atoms with Gasteiger partial charge in [0.1, 0.15) is 11.1 Å². The molecule has 6 nitrogen and oxygen atoms in total. The van der Waals surface area contributed by atoms with Gasteiger partial charge in [0.15, 0.2) is 0 Å². The topological polar surface area (TPSA) is 99.4 Å². The molecule has 1 aromatic rings. The molecular formula is C17H18N2O4S. The van der Waals surface area contributed by atoms with Gasteiger partial charge in [0.2, 0.25) is 5.91 Å². The zero-order valence-corrected chi connectivity index (χ0v) is 13.9. The normalized spacial score (nSPS) is 30.6. The molecule has 1 amide bonds. The quantitative estimate of drug-likeness (QED) is 0.875. The molecule has 126 valence electrons. The summed E-state index contributed by atoms with van der Waals surface area (Å²) < 4.78 is 5.65. The Bertz CT molecular complexity index is 751. The van der Waals surface area contributed by atoms with Gasteiger partial charge in [0.05, 0.1) is 29.6 Å². The van der Waals surface area contributed by atoms with E-state index in [4.69, 9.17) is 4.74 Å². The number of nitrogens with zero attached hydrogens (tertiary/aromatic N) is 1. The fourth-order valence-electron chi connectivity index (χ4n) is 4.29. The van der Waals surface area contributed by atoms with E-state index in [1.807, 2.05) is 0 Å². The van der Waals surface area contributed by atoms with Crippen LogP contribution in [0, 0.1) is 23.2 Å². The van der Waals surface area contributed by atoms with Crippen LogP contribution in [-0.2, 0) is 27.2 Å². The lowest BCUT2D eigenvalue weighted by atomic mass is 9.78. The van der Waals surface area contributed by atoms with E-state index < -0.39 is 17.8 Å². The van der Waals surface area contributed by atoms with Gasteiger partial charge >= 0.3 is 5.97 Å². The largest absolute Gasteiger partial charge is 0.481 e. The Balaban J connectivity index is 1.60. The highest BCUT2D eigenvalue weighted by Crippen LogP contribution is 2.45. The van der Waals surface area contributed by atoms with E-state index in [9.17, 15) is 20.0 Å². The van der Waals surface area contributed by atoms with E-state index >= 15 is 0 Å². The van der Waals surface area contributed by atoms with Crippen LogP contribution in [0.1, 0.15) is 41.7 Å². The molecule has 2 N–H and O–H groups in total. The molecule has 0 aromatic carbocycles. The first-order chi connectivity index (χ1) is 11.6. The maximum atomic E-state index is 12.7. The van der Waals surface area contributed by atoms with Gasteiger partial charge in [0, 0.05) is 4.88 Å². The fraction of sp³-hybridized carbons (Fsp3) is 0.588. The predicted molar refractivity (Wildman–Crippen MR) is 86.8 cm³/mol. The van der Waals surface area contributed by atoms with Crippen molar-refractivity contribution in [1.29, 1.82) is 5.26 Å². The molecule has 3 heterocycles.